The van der Waals surface area contributed by atoms with E-state index >= 15 is 0 Å². The average molecular weight is 291 g/mol. The predicted molar refractivity (Wildman–Crippen MR) is 61.6 cm³/mol. The molecule has 2 atom stereocenters. The van der Waals surface area contributed by atoms with Crippen LogP contribution in [0, 0.1) is 20.2 Å². The van der Waals surface area contributed by atoms with Gasteiger partial charge in [0.1, 0.15) is 0 Å². The van der Waals surface area contributed by atoms with Gasteiger partial charge in [-0.2, -0.15) is 0 Å². The van der Waals surface area contributed by atoms with Crippen molar-refractivity contribution >= 4 is 15.9 Å². The molecule has 6 nitrogen and oxygen atoms in total. The highest BCUT2D eigenvalue weighted by atomic mass is 79.9. The van der Waals surface area contributed by atoms with Crippen LogP contribution in [0.15, 0.2) is 21.7 Å². The maximum absolute atomic E-state index is 11.0. The molecule has 0 N–H and O–H groups in total. The second-order valence-electron chi connectivity index (χ2n) is 4.00. The second kappa shape index (κ2) is 3.97. The summed E-state index contributed by atoms with van der Waals surface area (Å²) in [5, 5.41) is 22.0. The Labute approximate surface area is 100 Å². The Kier molecular flexibility index (Phi) is 3.18. The zero-order valence-corrected chi connectivity index (χ0v) is 10.6. The molecule has 2 unspecified atom stereocenters. The molecule has 1 rings (SSSR count). The predicted octanol–water partition coefficient (Wildman–Crippen LogP) is 2.30. The second-order valence-corrected chi connectivity index (χ2v) is 4.79. The van der Waals surface area contributed by atoms with Crippen LogP contribution in [0.1, 0.15) is 20.8 Å². The van der Waals surface area contributed by atoms with E-state index in [0.29, 0.717) is 15.6 Å². The normalized spacial score (nSPS) is 30.0. The quantitative estimate of drug-likeness (QED) is 0.577. The van der Waals surface area contributed by atoms with E-state index in [-0.39, 0.29) is 0 Å². The highest BCUT2D eigenvalue weighted by Crippen LogP contribution is 2.37. The fourth-order valence-electron chi connectivity index (χ4n) is 1.97. The molecule has 0 heterocycles. The maximum atomic E-state index is 11.0. The first-order valence-electron chi connectivity index (χ1n) is 4.56. The van der Waals surface area contributed by atoms with Gasteiger partial charge >= 0.3 is 11.6 Å². The lowest BCUT2D eigenvalue weighted by molar-refractivity contribution is -0.632. The molecule has 0 aromatic rings. The standard InChI is InChI=1S/C9H11BrN2O4/c1-5-4-9(3,12(15)16)8(11(13)14)6(2)7(5)10/h4,8H,1-3H3. The number of nitro groups is 2. The minimum Gasteiger partial charge on any atom is -0.264 e. The summed E-state index contributed by atoms with van der Waals surface area (Å²) < 4.78 is 0.577. The summed E-state index contributed by atoms with van der Waals surface area (Å²) in [5.41, 5.74) is -0.659. The van der Waals surface area contributed by atoms with Crippen molar-refractivity contribution in [1.29, 1.82) is 0 Å². The Bertz CT molecular complexity index is 429. The summed E-state index contributed by atoms with van der Waals surface area (Å²) in [5.74, 6) is 0. The van der Waals surface area contributed by atoms with Crippen molar-refractivity contribution in [2.75, 3.05) is 0 Å². The smallest absolute Gasteiger partial charge is 0.264 e. The van der Waals surface area contributed by atoms with Gasteiger partial charge in [0.05, 0.1) is 0 Å². The fraction of sp³-hybridized carbons (Fsp3) is 0.556. The summed E-state index contributed by atoms with van der Waals surface area (Å²) in [6.45, 7) is 4.49. The molecule has 16 heavy (non-hydrogen) atoms. The van der Waals surface area contributed by atoms with Gasteiger partial charge in [-0.1, -0.05) is 15.9 Å². The van der Waals surface area contributed by atoms with Crippen molar-refractivity contribution in [1.82, 2.24) is 0 Å². The summed E-state index contributed by atoms with van der Waals surface area (Å²) >= 11 is 3.21. The highest BCUT2D eigenvalue weighted by Gasteiger charge is 2.56. The van der Waals surface area contributed by atoms with Gasteiger partial charge in [-0.25, -0.2) is 0 Å². The molecular weight excluding hydrogens is 280 g/mol. The first kappa shape index (κ1) is 12.8. The molecule has 0 aromatic carbocycles. The molecule has 0 saturated carbocycles. The monoisotopic (exact) mass is 290 g/mol. The third kappa shape index (κ3) is 1.75. The van der Waals surface area contributed by atoms with Crippen molar-refractivity contribution in [3.63, 3.8) is 0 Å². The summed E-state index contributed by atoms with van der Waals surface area (Å²) in [4.78, 5) is 20.7. The van der Waals surface area contributed by atoms with Gasteiger partial charge in [0, 0.05) is 32.9 Å². The van der Waals surface area contributed by atoms with E-state index in [1.165, 1.54) is 19.9 Å². The Morgan fingerprint density at radius 1 is 1.38 bits per heavy atom. The number of rotatable bonds is 2. The van der Waals surface area contributed by atoms with Gasteiger partial charge in [0.15, 0.2) is 0 Å². The Morgan fingerprint density at radius 2 is 1.88 bits per heavy atom. The number of hydrogen-bond donors (Lipinski definition) is 0. The van der Waals surface area contributed by atoms with E-state index in [2.05, 4.69) is 15.9 Å². The van der Waals surface area contributed by atoms with Gasteiger partial charge in [0.2, 0.25) is 0 Å². The van der Waals surface area contributed by atoms with E-state index < -0.39 is 21.4 Å². The SMILES string of the molecule is CC1=CC(C)([N+](=O)[O-])C([N+](=O)[O-])C(C)=C1Br. The molecular formula is C9H11BrN2O4. The van der Waals surface area contributed by atoms with Gasteiger partial charge in [-0.15, -0.1) is 0 Å². The molecule has 0 aliphatic heterocycles. The summed E-state index contributed by atoms with van der Waals surface area (Å²) in [6, 6.07) is -1.33. The van der Waals surface area contributed by atoms with Crippen LogP contribution in [-0.2, 0) is 0 Å². The van der Waals surface area contributed by atoms with E-state index in [1.54, 1.807) is 6.92 Å². The van der Waals surface area contributed by atoms with Crippen LogP contribution in [0.3, 0.4) is 0 Å². The fourth-order valence-corrected chi connectivity index (χ4v) is 2.31. The Hall–Kier alpha value is -1.24. The summed E-state index contributed by atoms with van der Waals surface area (Å²) in [6.07, 6.45) is 1.33. The minimum atomic E-state index is -1.69. The zero-order chi connectivity index (χ0) is 12.7. The lowest BCUT2D eigenvalue weighted by Crippen LogP contribution is -2.51. The van der Waals surface area contributed by atoms with Gasteiger partial charge in [0.25, 0.3) is 0 Å². The lowest BCUT2D eigenvalue weighted by Gasteiger charge is -2.27. The average Bonchev–Trinajstić information content (AvgIpc) is 2.13. The molecule has 0 fully saturated rings. The van der Waals surface area contributed by atoms with Crippen LogP contribution in [0.4, 0.5) is 0 Å². The minimum absolute atomic E-state index is 0.379. The first-order chi connectivity index (χ1) is 7.21. The Balaban J connectivity index is 3.43. The molecule has 0 bridgehead atoms. The number of allylic oxidation sites excluding steroid dienone is 2. The third-order valence-electron chi connectivity index (χ3n) is 2.77. The molecule has 0 saturated heterocycles. The molecule has 0 amide bonds. The van der Waals surface area contributed by atoms with Crippen molar-refractivity contribution in [2.45, 2.75) is 32.4 Å². The van der Waals surface area contributed by atoms with Crippen molar-refractivity contribution in [3.8, 4) is 0 Å². The van der Waals surface area contributed by atoms with Gasteiger partial charge < -0.3 is 0 Å². The van der Waals surface area contributed by atoms with Gasteiger partial charge in [-0.05, 0) is 19.4 Å². The topological polar surface area (TPSA) is 86.3 Å². The maximum Gasteiger partial charge on any atom is 0.307 e. The lowest BCUT2D eigenvalue weighted by atomic mass is 9.82. The van der Waals surface area contributed by atoms with E-state index in [4.69, 9.17) is 0 Å². The molecule has 0 aromatic heterocycles. The van der Waals surface area contributed by atoms with Crippen LogP contribution in [0.5, 0.6) is 0 Å². The van der Waals surface area contributed by atoms with Crippen LogP contribution in [0.25, 0.3) is 0 Å². The van der Waals surface area contributed by atoms with Crippen molar-refractivity contribution < 1.29 is 9.85 Å². The first-order valence-corrected chi connectivity index (χ1v) is 5.35. The van der Waals surface area contributed by atoms with Crippen LogP contribution >= 0.6 is 15.9 Å². The third-order valence-corrected chi connectivity index (χ3v) is 4.02. The van der Waals surface area contributed by atoms with E-state index in [9.17, 15) is 20.2 Å². The molecule has 0 spiro atoms. The summed E-state index contributed by atoms with van der Waals surface area (Å²) in [7, 11) is 0. The van der Waals surface area contributed by atoms with Crippen LogP contribution in [-0.4, -0.2) is 21.4 Å². The molecule has 1 aliphatic carbocycles. The van der Waals surface area contributed by atoms with Crippen molar-refractivity contribution in [3.05, 3.63) is 41.9 Å². The van der Waals surface area contributed by atoms with Crippen molar-refractivity contribution in [2.24, 2.45) is 0 Å². The van der Waals surface area contributed by atoms with Crippen LogP contribution in [0.2, 0.25) is 0 Å². The Morgan fingerprint density at radius 3 is 2.25 bits per heavy atom. The molecule has 0 radical (unpaired) electrons. The van der Waals surface area contributed by atoms with E-state index in [1.807, 2.05) is 0 Å². The molecule has 88 valence electrons. The van der Waals surface area contributed by atoms with Crippen LogP contribution < -0.4 is 0 Å². The molecule has 1 aliphatic rings. The largest absolute Gasteiger partial charge is 0.307 e. The molecule has 7 heteroatoms. The zero-order valence-electron chi connectivity index (χ0n) is 9.06. The van der Waals surface area contributed by atoms with E-state index in [0.717, 1.165) is 0 Å². The van der Waals surface area contributed by atoms with Gasteiger partial charge in [-0.3, -0.25) is 20.2 Å². The highest BCUT2D eigenvalue weighted by molar-refractivity contribution is 9.12. The number of halogens is 1. The number of hydrogen-bond acceptors (Lipinski definition) is 4. The number of nitrogens with zero attached hydrogens (tertiary/aromatic N) is 2.